The van der Waals surface area contributed by atoms with Gasteiger partial charge in [0, 0.05) is 65.3 Å². The van der Waals surface area contributed by atoms with E-state index >= 15 is 0 Å². The Kier molecular flexibility index (Phi) is 11.7. The molecule has 54 heavy (non-hydrogen) atoms. The van der Waals surface area contributed by atoms with Gasteiger partial charge in [0.2, 0.25) is 11.8 Å². The molecule has 0 radical (unpaired) electrons. The summed E-state index contributed by atoms with van der Waals surface area (Å²) in [6.45, 7) is 1.74. The van der Waals surface area contributed by atoms with Crippen LogP contribution in [0, 0.1) is 11.8 Å². The van der Waals surface area contributed by atoms with E-state index in [1.54, 1.807) is 33.3 Å². The molecule has 13 nitrogen and oxygen atoms in total. The number of hydrogen-bond donors (Lipinski definition) is 2. The number of likely N-dealkylation sites (N-methyl/N-ethyl adjacent to an activating group) is 1. The van der Waals surface area contributed by atoms with Crippen molar-refractivity contribution < 1.29 is 37.4 Å². The van der Waals surface area contributed by atoms with Crippen molar-refractivity contribution in [3.05, 3.63) is 70.3 Å². The molecule has 2 bridgehead atoms. The Labute approximate surface area is 323 Å². The van der Waals surface area contributed by atoms with Gasteiger partial charge in [-0.2, -0.15) is 12.7 Å². The molecule has 0 aromatic heterocycles. The summed E-state index contributed by atoms with van der Waals surface area (Å²) in [5, 5.41) is 13.0. The zero-order chi connectivity index (χ0) is 39.0. The second-order valence-electron chi connectivity index (χ2n) is 15.6. The third-order valence-corrected chi connectivity index (χ3v) is 13.3. The van der Waals surface area contributed by atoms with Crippen LogP contribution < -0.4 is 14.4 Å². The van der Waals surface area contributed by atoms with E-state index in [1.165, 1.54) is 41.1 Å². The highest BCUT2D eigenvalue weighted by Crippen LogP contribution is 2.48. The van der Waals surface area contributed by atoms with Gasteiger partial charge in [0.25, 0.3) is 5.91 Å². The molecular weight excluding hydrogens is 734 g/mol. The lowest BCUT2D eigenvalue weighted by atomic mass is 9.68. The van der Waals surface area contributed by atoms with Gasteiger partial charge >= 0.3 is 10.2 Å². The molecule has 1 fully saturated rings. The second-order valence-corrected chi connectivity index (χ2v) is 18.0. The monoisotopic (exact) mass is 785 g/mol. The number of ether oxygens (including phenoxy) is 2. The molecule has 15 heteroatoms. The fourth-order valence-corrected chi connectivity index (χ4v) is 8.89. The highest BCUT2D eigenvalue weighted by Gasteiger charge is 2.47. The van der Waals surface area contributed by atoms with Crippen molar-refractivity contribution in [1.82, 2.24) is 18.8 Å². The molecule has 2 N–H and O–H groups in total. The van der Waals surface area contributed by atoms with Crippen LogP contribution in [0.15, 0.2) is 48.6 Å². The Bertz CT molecular complexity index is 1910. The highest BCUT2D eigenvalue weighted by molar-refractivity contribution is 7.87. The molecule has 2 aliphatic carbocycles. The molecule has 294 valence electrons. The van der Waals surface area contributed by atoms with E-state index < -0.39 is 39.5 Å². The van der Waals surface area contributed by atoms with Crippen molar-refractivity contribution in [3.63, 3.8) is 0 Å². The lowest BCUT2D eigenvalue weighted by molar-refractivity contribution is -0.148. The van der Waals surface area contributed by atoms with E-state index in [4.69, 9.17) is 21.1 Å². The number of carbonyl (C=O) groups excluding carboxylic acids is 3. The first-order valence-corrected chi connectivity index (χ1v) is 20.4. The van der Waals surface area contributed by atoms with Gasteiger partial charge in [-0.1, -0.05) is 35.9 Å². The molecule has 2 aromatic rings. The van der Waals surface area contributed by atoms with Crippen LogP contribution in [0.25, 0.3) is 0 Å². The maximum Gasteiger partial charge on any atom is 0.303 e. The minimum Gasteiger partial charge on any atom is -0.490 e. The molecule has 0 saturated heterocycles. The number of nitrogens with zero attached hydrogens (tertiary/aromatic N) is 4. The first-order valence-electron chi connectivity index (χ1n) is 18.5. The van der Waals surface area contributed by atoms with Crippen molar-refractivity contribution in [1.29, 1.82) is 0 Å². The Morgan fingerprint density at radius 1 is 1.13 bits per heavy atom. The number of benzene rings is 2. The number of halogens is 1. The van der Waals surface area contributed by atoms with Crippen LogP contribution in [0.2, 0.25) is 5.02 Å². The maximum absolute atomic E-state index is 13.9. The van der Waals surface area contributed by atoms with Gasteiger partial charge in [-0.25, -0.2) is 4.72 Å². The molecule has 6 rings (SSSR count). The van der Waals surface area contributed by atoms with Crippen molar-refractivity contribution in [2.45, 2.75) is 62.1 Å². The highest BCUT2D eigenvalue weighted by atomic mass is 35.5. The van der Waals surface area contributed by atoms with Crippen molar-refractivity contribution in [2.24, 2.45) is 11.8 Å². The number of anilines is 1. The fraction of sp³-hybridized carbons (Fsp3) is 0.564. The van der Waals surface area contributed by atoms with Gasteiger partial charge in [-0.3, -0.25) is 14.4 Å². The van der Waals surface area contributed by atoms with Crippen LogP contribution in [0.5, 0.6) is 5.75 Å². The zero-order valence-corrected chi connectivity index (χ0v) is 33.3. The van der Waals surface area contributed by atoms with Gasteiger partial charge in [-0.15, -0.1) is 0 Å². The minimum atomic E-state index is -4.31. The normalized spacial score (nSPS) is 27.9. The molecule has 2 aliphatic heterocycles. The van der Waals surface area contributed by atoms with E-state index in [-0.39, 0.29) is 42.6 Å². The van der Waals surface area contributed by atoms with E-state index in [2.05, 4.69) is 11.0 Å². The van der Waals surface area contributed by atoms with Gasteiger partial charge in [0.05, 0.1) is 24.8 Å². The topological polar surface area (TPSA) is 149 Å². The number of nitrogens with one attached hydrogen (secondary N) is 1. The number of aryl methyl sites for hydroxylation is 1. The summed E-state index contributed by atoms with van der Waals surface area (Å²) in [6.07, 6.45) is 7.88. The standard InChI is InChI=1S/C39H52ClN5O8S/c1-42(2)36(47)23-52-33-10-6-7-18-44(5)35(46)21-39(49,37(48)41-54(50,51)43(3)4)28-12-16-34-32(20-28)45(22-27-11-14-30(27)33)24-38(25-53-34)17-8-9-26-19-29(40)13-15-31(26)38/h6,10,12-13,15-16,19-20,27,30,33,49H,7-9,11,14,17-18,21-25H2,1-5H3,(H,41,48)/b10-6-/t27-,30+,33-,38-,39+/m0/s1. The number of rotatable bonds is 6. The quantitative estimate of drug-likeness (QED) is 0.422. The first-order chi connectivity index (χ1) is 25.5. The molecular formula is C39H52ClN5O8S. The van der Waals surface area contributed by atoms with Gasteiger partial charge in [-0.05, 0) is 91.3 Å². The van der Waals surface area contributed by atoms with Crippen molar-refractivity contribution in [3.8, 4) is 5.75 Å². The maximum atomic E-state index is 13.9. The van der Waals surface area contributed by atoms with E-state index in [0.717, 1.165) is 36.4 Å². The summed E-state index contributed by atoms with van der Waals surface area (Å²) in [7, 11) is 3.18. The Morgan fingerprint density at radius 2 is 1.91 bits per heavy atom. The molecule has 2 heterocycles. The summed E-state index contributed by atoms with van der Waals surface area (Å²) in [5.74, 6) is -1.11. The van der Waals surface area contributed by atoms with Crippen molar-refractivity contribution >= 4 is 45.2 Å². The number of amides is 3. The van der Waals surface area contributed by atoms with E-state index in [9.17, 15) is 27.9 Å². The summed E-state index contributed by atoms with van der Waals surface area (Å²) < 4.78 is 41.5. The second kappa shape index (κ2) is 15.8. The Hall–Kier alpha value is -3.69. The summed E-state index contributed by atoms with van der Waals surface area (Å²) in [4.78, 5) is 45.4. The lowest BCUT2D eigenvalue weighted by Gasteiger charge is -2.46. The molecule has 3 amide bonds. The predicted molar refractivity (Wildman–Crippen MR) is 206 cm³/mol. The Morgan fingerprint density at radius 3 is 2.61 bits per heavy atom. The van der Waals surface area contributed by atoms with Crippen LogP contribution in [0.3, 0.4) is 0 Å². The number of hydrogen-bond acceptors (Lipinski definition) is 9. The number of aliphatic hydroxyl groups is 1. The third-order valence-electron chi connectivity index (χ3n) is 11.6. The summed E-state index contributed by atoms with van der Waals surface area (Å²) in [5.41, 5.74) is 0.0965. The van der Waals surface area contributed by atoms with Gasteiger partial charge in [0.1, 0.15) is 12.4 Å². The van der Waals surface area contributed by atoms with Crippen molar-refractivity contribution in [2.75, 3.05) is 73.0 Å². The van der Waals surface area contributed by atoms with Gasteiger partial charge in [0.15, 0.2) is 5.60 Å². The summed E-state index contributed by atoms with van der Waals surface area (Å²) in [6, 6.07) is 10.9. The van der Waals surface area contributed by atoms with E-state index in [0.29, 0.717) is 42.6 Å². The minimum absolute atomic E-state index is 0.0555. The zero-order valence-electron chi connectivity index (χ0n) is 31.7. The smallest absolute Gasteiger partial charge is 0.303 e. The first kappa shape index (κ1) is 40.0. The Balaban J connectivity index is 1.46. The van der Waals surface area contributed by atoms with Crippen LogP contribution in [0.1, 0.15) is 55.2 Å². The molecule has 1 saturated carbocycles. The lowest BCUT2D eigenvalue weighted by Crippen LogP contribution is -2.52. The van der Waals surface area contributed by atoms with E-state index in [1.807, 2.05) is 29.0 Å². The molecule has 2 aromatic carbocycles. The number of fused-ring (bicyclic) bond motifs is 4. The fourth-order valence-electron chi connectivity index (χ4n) is 8.11. The molecule has 4 aliphatic rings. The molecule has 1 spiro atoms. The van der Waals surface area contributed by atoms with Crippen LogP contribution in [-0.4, -0.2) is 120 Å². The largest absolute Gasteiger partial charge is 0.490 e. The van der Waals surface area contributed by atoms with Crippen LogP contribution in [0.4, 0.5) is 5.69 Å². The summed E-state index contributed by atoms with van der Waals surface area (Å²) >= 11 is 6.46. The van der Waals surface area contributed by atoms with Crippen LogP contribution in [-0.2, 0) is 46.8 Å². The number of carbonyl (C=O) groups is 3. The molecule has 5 atom stereocenters. The SMILES string of the molecule is CN(C)C(=O)CO[C@H]1/C=C\CCN(C)C(=O)C[C@](O)(C(=O)NS(=O)(=O)N(C)C)c2ccc3c(c2)N(C[C@@H]2CC[C@H]21)C[C@@]1(CCCc2cc(Cl)ccc21)CO3. The third kappa shape index (κ3) is 8.13. The van der Waals surface area contributed by atoms with Crippen LogP contribution >= 0.6 is 11.6 Å². The average Bonchev–Trinajstić information content (AvgIpc) is 3.26. The molecule has 0 unspecified atom stereocenters. The predicted octanol–water partition coefficient (Wildman–Crippen LogP) is 3.23. The van der Waals surface area contributed by atoms with Gasteiger partial charge < -0.3 is 29.3 Å². The average molecular weight is 786 g/mol.